The molecule has 0 fully saturated rings. The maximum absolute atomic E-state index is 13.8. The van der Waals surface area contributed by atoms with E-state index in [4.69, 9.17) is 10.0 Å². The van der Waals surface area contributed by atoms with Crippen LogP contribution in [0.3, 0.4) is 0 Å². The van der Waals surface area contributed by atoms with Gasteiger partial charge in [-0.05, 0) is 42.3 Å². The molecule has 0 aliphatic heterocycles. The first kappa shape index (κ1) is 29.8. The summed E-state index contributed by atoms with van der Waals surface area (Å²) in [4.78, 5) is 15.5. The van der Waals surface area contributed by atoms with Gasteiger partial charge in [-0.1, -0.05) is 41.5 Å². The second kappa shape index (κ2) is 11.2. The summed E-state index contributed by atoms with van der Waals surface area (Å²) in [6.45, 7) is 17.2. The zero-order chi connectivity index (χ0) is 20.4. The van der Waals surface area contributed by atoms with E-state index in [1.807, 2.05) is 0 Å². The Hall–Kier alpha value is -0.348. The third-order valence-corrected chi connectivity index (χ3v) is 4.93. The van der Waals surface area contributed by atoms with Crippen LogP contribution in [0, 0.1) is 65.8 Å². The second-order valence-electron chi connectivity index (χ2n) is 8.80. The summed E-state index contributed by atoms with van der Waals surface area (Å²) in [6.07, 6.45) is 1.06. The summed E-state index contributed by atoms with van der Waals surface area (Å²) in [5, 5.41) is 18.2. The molecule has 0 amide bonds. The number of halogens is 1. The van der Waals surface area contributed by atoms with Crippen LogP contribution < -0.4 is 11.0 Å². The molecule has 1 aromatic heterocycles. The third kappa shape index (κ3) is 7.48. The Labute approximate surface area is 202 Å². The number of hydrogen-bond donors (Lipinski definition) is 2. The van der Waals surface area contributed by atoms with Gasteiger partial charge in [-0.15, -0.1) is 0 Å². The molecular weight excluding hydrogens is 486 g/mol. The Morgan fingerprint density at radius 3 is 1.89 bits per heavy atom. The van der Waals surface area contributed by atoms with Crippen LogP contribution in [-0.2, 0) is 0 Å². The molecule has 0 radical (unpaired) electrons. The van der Waals surface area contributed by atoms with Crippen molar-refractivity contribution in [3.8, 4) is 0 Å². The van der Waals surface area contributed by atoms with Gasteiger partial charge in [0.1, 0.15) is 5.52 Å². The van der Waals surface area contributed by atoms with Crippen LogP contribution in [0.15, 0.2) is 23.1 Å². The molecule has 0 spiro atoms. The quantitative estimate of drug-likeness (QED) is 0.472. The normalized spacial score (nSPS) is 11.3. The SMILES string of the molecule is CC(C)(C)C(C)(C)C.CC(C)n1c(=O)cnc2c(F)cc(B(O)O)cc21.[CH3-].[Ce]. The Bertz CT molecular complexity index is 813. The van der Waals surface area contributed by atoms with Crippen molar-refractivity contribution in [2.24, 2.45) is 10.8 Å². The Balaban J connectivity index is 0. The van der Waals surface area contributed by atoms with Crippen LogP contribution in [0.2, 0.25) is 0 Å². The molecule has 28 heavy (non-hydrogen) atoms. The fraction of sp³-hybridized carbons (Fsp3) is 0.550. The molecule has 0 saturated heterocycles. The summed E-state index contributed by atoms with van der Waals surface area (Å²) in [6, 6.07) is 2.17. The number of aromatic nitrogens is 2. The van der Waals surface area contributed by atoms with Crippen molar-refractivity contribution < 1.29 is 56.2 Å². The number of rotatable bonds is 2. The standard InChI is InChI=1S/C11H12BFN2O3.C8H18.CH3.Ce/c1-6(2)15-9-4-7(12(17)18)3-8(13)11(9)14-5-10(15)16;1-7(2,3)8(4,5)6;;/h3-6,17-18H,1-2H3;1-6H3;1H3;/q;;-1;. The van der Waals surface area contributed by atoms with Crippen LogP contribution in [0.1, 0.15) is 61.4 Å². The van der Waals surface area contributed by atoms with Gasteiger partial charge < -0.3 is 22.0 Å². The second-order valence-corrected chi connectivity index (χ2v) is 8.80. The monoisotopic (exact) mass is 519 g/mol. The van der Waals surface area contributed by atoms with Crippen LogP contribution >= 0.6 is 0 Å². The predicted molar refractivity (Wildman–Crippen MR) is 111 cm³/mol. The third-order valence-electron chi connectivity index (χ3n) is 4.93. The van der Waals surface area contributed by atoms with Crippen molar-refractivity contribution in [1.82, 2.24) is 9.55 Å². The van der Waals surface area contributed by atoms with E-state index in [1.165, 1.54) is 10.6 Å². The molecule has 1 heterocycles. The Morgan fingerprint density at radius 2 is 1.54 bits per heavy atom. The summed E-state index contributed by atoms with van der Waals surface area (Å²) in [5.74, 6) is -0.690. The summed E-state index contributed by atoms with van der Waals surface area (Å²) in [5.41, 5.74) is 0.788. The maximum atomic E-state index is 13.8. The molecule has 0 saturated carbocycles. The van der Waals surface area contributed by atoms with Gasteiger partial charge in [-0.25, -0.2) is 9.37 Å². The Morgan fingerprint density at radius 1 is 1.07 bits per heavy atom. The van der Waals surface area contributed by atoms with E-state index in [-0.39, 0.29) is 77.3 Å². The number of nitrogens with zero attached hydrogens (tertiary/aromatic N) is 2. The molecule has 8 heteroatoms. The van der Waals surface area contributed by atoms with Crippen molar-refractivity contribution in [2.75, 3.05) is 0 Å². The summed E-state index contributed by atoms with van der Waals surface area (Å²) >= 11 is 0. The van der Waals surface area contributed by atoms with Crippen molar-refractivity contribution in [2.45, 2.75) is 61.4 Å². The molecule has 0 bridgehead atoms. The van der Waals surface area contributed by atoms with Gasteiger partial charge >= 0.3 is 7.12 Å². The molecular formula is C20H33BCeFN2O3-. The van der Waals surface area contributed by atoms with E-state index in [0.29, 0.717) is 10.8 Å². The number of hydrogen-bond acceptors (Lipinski definition) is 4. The zero-order valence-electron chi connectivity index (χ0n) is 18.5. The molecule has 0 unspecified atom stereocenters. The topological polar surface area (TPSA) is 75.4 Å². The van der Waals surface area contributed by atoms with E-state index < -0.39 is 12.9 Å². The summed E-state index contributed by atoms with van der Waals surface area (Å²) < 4.78 is 15.1. The van der Waals surface area contributed by atoms with E-state index in [9.17, 15) is 9.18 Å². The van der Waals surface area contributed by atoms with Gasteiger partial charge in [0.25, 0.3) is 5.56 Å². The summed E-state index contributed by atoms with van der Waals surface area (Å²) in [7, 11) is -1.79. The molecule has 2 aromatic rings. The van der Waals surface area contributed by atoms with E-state index in [2.05, 4.69) is 46.5 Å². The smallest absolute Gasteiger partial charge is 0.423 e. The van der Waals surface area contributed by atoms with E-state index in [1.54, 1.807) is 13.8 Å². The molecule has 0 aliphatic carbocycles. The molecule has 2 rings (SSSR count). The van der Waals surface area contributed by atoms with Gasteiger partial charge in [0.15, 0.2) is 5.82 Å². The first-order chi connectivity index (χ1) is 11.7. The van der Waals surface area contributed by atoms with Crippen LogP contribution in [0.5, 0.6) is 0 Å². The Kier molecular flexibility index (Phi) is 11.9. The van der Waals surface area contributed by atoms with Gasteiger partial charge in [0, 0.05) is 47.8 Å². The predicted octanol–water partition coefficient (Wildman–Crippen LogP) is 3.33. The average molecular weight is 519 g/mol. The largest absolute Gasteiger partial charge is 0.488 e. The van der Waals surface area contributed by atoms with Crippen molar-refractivity contribution in [3.63, 3.8) is 0 Å². The van der Waals surface area contributed by atoms with Crippen molar-refractivity contribution in [1.29, 1.82) is 0 Å². The molecule has 2 N–H and O–H groups in total. The zero-order valence-corrected chi connectivity index (χ0v) is 21.6. The first-order valence-electron chi connectivity index (χ1n) is 8.73. The van der Waals surface area contributed by atoms with Crippen LogP contribution in [-0.4, -0.2) is 26.7 Å². The van der Waals surface area contributed by atoms with Gasteiger partial charge in [-0.2, -0.15) is 0 Å². The van der Waals surface area contributed by atoms with Crippen LogP contribution in [0.4, 0.5) is 4.39 Å². The average Bonchev–Trinajstić information content (AvgIpc) is 2.44. The fourth-order valence-corrected chi connectivity index (χ4v) is 1.90. The molecule has 0 atom stereocenters. The first-order valence-corrected chi connectivity index (χ1v) is 8.73. The van der Waals surface area contributed by atoms with Crippen molar-refractivity contribution >= 4 is 23.6 Å². The van der Waals surface area contributed by atoms with Gasteiger partial charge in [0.05, 0.1) is 11.7 Å². The minimum atomic E-state index is -1.79. The maximum Gasteiger partial charge on any atom is 0.488 e. The minimum Gasteiger partial charge on any atom is -0.423 e. The van der Waals surface area contributed by atoms with E-state index >= 15 is 0 Å². The molecule has 0 aliphatic rings. The number of benzene rings is 1. The van der Waals surface area contributed by atoms with E-state index in [0.717, 1.165) is 12.3 Å². The minimum absolute atomic E-state index is 0. The van der Waals surface area contributed by atoms with Crippen LogP contribution in [0.25, 0.3) is 11.0 Å². The van der Waals surface area contributed by atoms with Crippen molar-refractivity contribution in [3.05, 3.63) is 41.9 Å². The van der Waals surface area contributed by atoms with Gasteiger partial charge in [-0.3, -0.25) is 4.79 Å². The molecule has 5 nitrogen and oxygen atoms in total. The number of fused-ring (bicyclic) bond motifs is 1. The molecule has 156 valence electrons. The fourth-order valence-electron chi connectivity index (χ4n) is 1.90. The van der Waals surface area contributed by atoms with Gasteiger partial charge in [0.2, 0.25) is 0 Å². The molecule has 1 aromatic carbocycles.